The van der Waals surface area contributed by atoms with Gasteiger partial charge < -0.3 is 16.4 Å². The highest BCUT2D eigenvalue weighted by Gasteiger charge is 2.11. The second-order valence-electron chi connectivity index (χ2n) is 3.71. The highest BCUT2D eigenvalue weighted by molar-refractivity contribution is 7.99. The number of likely N-dealkylation sites (N-methyl/N-ethyl adjacent to an activating group) is 1. The highest BCUT2D eigenvalue weighted by Crippen LogP contribution is 2.29. The fraction of sp³-hybridized carbons (Fsp3) is 0.417. The number of rotatable bonds is 6. The molecular formula is C12H19N3OS. The van der Waals surface area contributed by atoms with Crippen LogP contribution in [0.1, 0.15) is 12.5 Å². The molecule has 0 saturated heterocycles. The molecule has 4 N–H and O–H groups in total. The van der Waals surface area contributed by atoms with Gasteiger partial charge in [-0.2, -0.15) is 0 Å². The van der Waals surface area contributed by atoms with Crippen molar-refractivity contribution in [3.63, 3.8) is 0 Å². The molecule has 0 aliphatic carbocycles. The molecule has 0 unspecified atom stereocenters. The third kappa shape index (κ3) is 3.64. The standard InChI is InChI=1S/C12H19N3OS/c1-3-17-11-6-4-5-10(9(11)7-13)15(2)8-12(14)16/h4-6H,3,7-8,13H2,1-2H3,(H2,14,16). The van der Waals surface area contributed by atoms with Gasteiger partial charge >= 0.3 is 0 Å². The number of hydrogen-bond donors (Lipinski definition) is 2. The third-order valence-corrected chi connectivity index (χ3v) is 3.40. The topological polar surface area (TPSA) is 72.3 Å². The second kappa shape index (κ2) is 6.51. The van der Waals surface area contributed by atoms with Crippen LogP contribution in [0.2, 0.25) is 0 Å². The van der Waals surface area contributed by atoms with Gasteiger partial charge in [0.05, 0.1) is 6.54 Å². The fourth-order valence-corrected chi connectivity index (χ4v) is 2.57. The Bertz CT molecular complexity index is 395. The summed E-state index contributed by atoms with van der Waals surface area (Å²) in [5.74, 6) is 0.653. The first-order valence-corrected chi connectivity index (χ1v) is 6.52. The lowest BCUT2D eigenvalue weighted by Crippen LogP contribution is -2.31. The third-order valence-electron chi connectivity index (χ3n) is 2.42. The van der Waals surface area contributed by atoms with E-state index in [1.165, 1.54) is 4.90 Å². The van der Waals surface area contributed by atoms with Crippen molar-refractivity contribution in [2.24, 2.45) is 11.5 Å². The summed E-state index contributed by atoms with van der Waals surface area (Å²) >= 11 is 1.75. The van der Waals surface area contributed by atoms with E-state index in [0.29, 0.717) is 6.54 Å². The number of nitrogens with two attached hydrogens (primary N) is 2. The van der Waals surface area contributed by atoms with Crippen molar-refractivity contribution in [1.29, 1.82) is 0 Å². The number of hydrogen-bond acceptors (Lipinski definition) is 4. The summed E-state index contributed by atoms with van der Waals surface area (Å²) in [6.45, 7) is 2.76. The molecule has 0 aliphatic rings. The van der Waals surface area contributed by atoms with Gasteiger partial charge in [0.2, 0.25) is 5.91 Å². The normalized spacial score (nSPS) is 10.3. The van der Waals surface area contributed by atoms with Crippen LogP contribution in [-0.2, 0) is 11.3 Å². The molecule has 0 aromatic heterocycles. The van der Waals surface area contributed by atoms with Crippen LogP contribution in [0.3, 0.4) is 0 Å². The molecule has 17 heavy (non-hydrogen) atoms. The molecule has 0 heterocycles. The lowest BCUT2D eigenvalue weighted by atomic mass is 10.1. The second-order valence-corrected chi connectivity index (χ2v) is 5.02. The molecule has 0 spiro atoms. The minimum Gasteiger partial charge on any atom is -0.368 e. The zero-order valence-electron chi connectivity index (χ0n) is 10.3. The fourth-order valence-electron chi connectivity index (χ4n) is 1.73. The van der Waals surface area contributed by atoms with Gasteiger partial charge in [0.25, 0.3) is 0 Å². The quantitative estimate of drug-likeness (QED) is 0.747. The van der Waals surface area contributed by atoms with E-state index in [2.05, 4.69) is 13.0 Å². The zero-order valence-corrected chi connectivity index (χ0v) is 11.1. The molecule has 0 radical (unpaired) electrons. The zero-order chi connectivity index (χ0) is 12.8. The smallest absolute Gasteiger partial charge is 0.236 e. The van der Waals surface area contributed by atoms with E-state index in [0.717, 1.165) is 17.0 Å². The Hall–Kier alpha value is -1.20. The number of primary amides is 1. The van der Waals surface area contributed by atoms with Crippen molar-refractivity contribution in [2.45, 2.75) is 18.4 Å². The van der Waals surface area contributed by atoms with Crippen molar-refractivity contribution < 1.29 is 4.79 Å². The summed E-state index contributed by atoms with van der Waals surface area (Å²) < 4.78 is 0. The molecule has 4 nitrogen and oxygen atoms in total. The van der Waals surface area contributed by atoms with Crippen LogP contribution in [0.25, 0.3) is 0 Å². The van der Waals surface area contributed by atoms with Crippen LogP contribution in [0.5, 0.6) is 0 Å². The molecular weight excluding hydrogens is 234 g/mol. The van der Waals surface area contributed by atoms with Crippen molar-refractivity contribution >= 4 is 23.4 Å². The molecule has 1 aromatic rings. The summed E-state index contributed by atoms with van der Waals surface area (Å²) in [5.41, 5.74) is 13.0. The predicted molar refractivity (Wildman–Crippen MR) is 73.2 cm³/mol. The molecule has 5 heteroatoms. The van der Waals surface area contributed by atoms with Gasteiger partial charge in [-0.3, -0.25) is 4.79 Å². The SMILES string of the molecule is CCSc1cccc(N(C)CC(N)=O)c1CN. The molecule has 94 valence electrons. The van der Waals surface area contributed by atoms with E-state index in [4.69, 9.17) is 11.5 Å². The number of thioether (sulfide) groups is 1. The van der Waals surface area contributed by atoms with Crippen LogP contribution in [0.4, 0.5) is 5.69 Å². The van der Waals surface area contributed by atoms with E-state index in [1.54, 1.807) is 11.8 Å². The van der Waals surface area contributed by atoms with Crippen LogP contribution < -0.4 is 16.4 Å². The molecule has 0 bridgehead atoms. The van der Waals surface area contributed by atoms with Gasteiger partial charge in [-0.05, 0) is 17.9 Å². The number of amides is 1. The molecule has 1 amide bonds. The first kappa shape index (κ1) is 13.9. The maximum absolute atomic E-state index is 10.9. The molecule has 1 aromatic carbocycles. The number of carbonyl (C=O) groups excluding carboxylic acids is 1. The lowest BCUT2D eigenvalue weighted by Gasteiger charge is -2.22. The lowest BCUT2D eigenvalue weighted by molar-refractivity contribution is -0.116. The Morgan fingerprint density at radius 1 is 1.47 bits per heavy atom. The first-order chi connectivity index (χ1) is 8.10. The average Bonchev–Trinajstić information content (AvgIpc) is 2.28. The van der Waals surface area contributed by atoms with Crippen molar-refractivity contribution in [1.82, 2.24) is 0 Å². The minimum absolute atomic E-state index is 0.202. The Morgan fingerprint density at radius 2 is 2.18 bits per heavy atom. The van der Waals surface area contributed by atoms with Crippen LogP contribution in [0, 0.1) is 0 Å². The Morgan fingerprint density at radius 3 is 2.71 bits per heavy atom. The van der Waals surface area contributed by atoms with Crippen LogP contribution >= 0.6 is 11.8 Å². The Kier molecular flexibility index (Phi) is 5.31. The van der Waals surface area contributed by atoms with Gasteiger partial charge in [-0.25, -0.2) is 0 Å². The van der Waals surface area contributed by atoms with Crippen LogP contribution in [-0.4, -0.2) is 25.3 Å². The average molecular weight is 253 g/mol. The number of benzene rings is 1. The monoisotopic (exact) mass is 253 g/mol. The Balaban J connectivity index is 3.05. The van der Waals surface area contributed by atoms with Gasteiger partial charge in [0.1, 0.15) is 0 Å². The summed E-state index contributed by atoms with van der Waals surface area (Å²) in [6, 6.07) is 5.99. The van der Waals surface area contributed by atoms with Gasteiger partial charge in [-0.15, -0.1) is 11.8 Å². The van der Waals surface area contributed by atoms with Crippen LogP contribution in [0.15, 0.2) is 23.1 Å². The number of carbonyl (C=O) groups is 1. The molecule has 0 saturated carbocycles. The van der Waals surface area contributed by atoms with E-state index in [9.17, 15) is 4.79 Å². The van der Waals surface area contributed by atoms with E-state index in [1.807, 2.05) is 24.1 Å². The van der Waals surface area contributed by atoms with E-state index in [-0.39, 0.29) is 12.5 Å². The van der Waals surface area contributed by atoms with Gasteiger partial charge in [0, 0.05) is 29.7 Å². The number of nitrogens with zero attached hydrogens (tertiary/aromatic N) is 1. The van der Waals surface area contributed by atoms with Crippen molar-refractivity contribution in [3.05, 3.63) is 23.8 Å². The Labute approximate surface area is 106 Å². The summed E-state index contributed by atoms with van der Waals surface area (Å²) in [4.78, 5) is 13.9. The van der Waals surface area contributed by atoms with Crippen molar-refractivity contribution in [2.75, 3.05) is 24.2 Å². The summed E-state index contributed by atoms with van der Waals surface area (Å²) in [6.07, 6.45) is 0. The number of anilines is 1. The maximum Gasteiger partial charge on any atom is 0.236 e. The maximum atomic E-state index is 10.9. The molecule has 0 aliphatic heterocycles. The predicted octanol–water partition coefficient (Wildman–Crippen LogP) is 1.18. The van der Waals surface area contributed by atoms with E-state index < -0.39 is 0 Å². The van der Waals surface area contributed by atoms with Gasteiger partial charge in [0.15, 0.2) is 0 Å². The van der Waals surface area contributed by atoms with Gasteiger partial charge in [-0.1, -0.05) is 13.0 Å². The van der Waals surface area contributed by atoms with Crippen molar-refractivity contribution in [3.8, 4) is 0 Å². The minimum atomic E-state index is -0.344. The van der Waals surface area contributed by atoms with E-state index >= 15 is 0 Å². The molecule has 1 rings (SSSR count). The largest absolute Gasteiger partial charge is 0.368 e. The summed E-state index contributed by atoms with van der Waals surface area (Å²) in [7, 11) is 1.85. The molecule has 0 atom stereocenters. The highest BCUT2D eigenvalue weighted by atomic mass is 32.2. The molecule has 0 fully saturated rings. The first-order valence-electron chi connectivity index (χ1n) is 5.54. The summed E-state index contributed by atoms with van der Waals surface area (Å²) in [5, 5.41) is 0.